The van der Waals surface area contributed by atoms with E-state index in [1.807, 2.05) is 0 Å². The largest absolute Gasteiger partial charge is 0.355 e. The molecule has 0 atom stereocenters. The van der Waals surface area contributed by atoms with Gasteiger partial charge in [-0.2, -0.15) is 0 Å². The van der Waals surface area contributed by atoms with Gasteiger partial charge in [0.2, 0.25) is 0 Å². The van der Waals surface area contributed by atoms with Gasteiger partial charge in [0, 0.05) is 11.4 Å². The third-order valence-corrected chi connectivity index (χ3v) is 3.47. The molecule has 0 unspecified atom stereocenters. The first-order valence-electron chi connectivity index (χ1n) is 6.55. The summed E-state index contributed by atoms with van der Waals surface area (Å²) in [5, 5.41) is 3.63. The summed E-state index contributed by atoms with van der Waals surface area (Å²) in [6.07, 6.45) is 1.05. The fourth-order valence-corrected chi connectivity index (χ4v) is 2.34. The summed E-state index contributed by atoms with van der Waals surface area (Å²) in [7, 11) is 0. The lowest BCUT2D eigenvalue weighted by atomic mass is 10.0. The Balaban J connectivity index is 2.46. The first-order chi connectivity index (χ1) is 8.63. The highest BCUT2D eigenvalue weighted by atomic mass is 14.9. The Bertz CT molecular complexity index is 535. The number of benzene rings is 2. The van der Waals surface area contributed by atoms with Gasteiger partial charge in [-0.15, -0.1) is 0 Å². The Morgan fingerprint density at radius 2 is 1.28 bits per heavy atom. The van der Waals surface area contributed by atoms with Gasteiger partial charge in [0.15, 0.2) is 0 Å². The van der Waals surface area contributed by atoms with E-state index in [0.717, 1.165) is 6.42 Å². The van der Waals surface area contributed by atoms with Gasteiger partial charge >= 0.3 is 0 Å². The molecule has 1 N–H and O–H groups in total. The Morgan fingerprint density at radius 3 is 1.83 bits per heavy atom. The van der Waals surface area contributed by atoms with E-state index < -0.39 is 0 Å². The number of rotatable bonds is 3. The molecule has 0 aliphatic carbocycles. The molecule has 94 valence electrons. The molecule has 2 aromatic rings. The van der Waals surface area contributed by atoms with Crippen LogP contribution in [0.25, 0.3) is 0 Å². The number of nitrogens with one attached hydrogen (secondary N) is 1. The first kappa shape index (κ1) is 12.7. The topological polar surface area (TPSA) is 12.0 Å². The van der Waals surface area contributed by atoms with Crippen LogP contribution in [0.1, 0.15) is 29.2 Å². The van der Waals surface area contributed by atoms with E-state index in [9.17, 15) is 0 Å². The van der Waals surface area contributed by atoms with Crippen LogP contribution in [0, 0.1) is 20.8 Å². The second-order valence-corrected chi connectivity index (χ2v) is 4.85. The average Bonchev–Trinajstić information content (AvgIpc) is 2.35. The molecule has 18 heavy (non-hydrogen) atoms. The summed E-state index contributed by atoms with van der Waals surface area (Å²) in [5.74, 6) is 0. The number of hydrogen-bond acceptors (Lipinski definition) is 1. The van der Waals surface area contributed by atoms with E-state index >= 15 is 0 Å². The standard InChI is InChI=1S/C17H21N/c1-5-15-11-7-10-14(4)17(15)18-16-12(2)8-6-9-13(16)3/h6-11,18H,5H2,1-4H3. The molecule has 0 amide bonds. The molecular weight excluding hydrogens is 218 g/mol. The Hall–Kier alpha value is -1.76. The van der Waals surface area contributed by atoms with Crippen molar-refractivity contribution in [3.63, 3.8) is 0 Å². The van der Waals surface area contributed by atoms with Crippen LogP contribution in [0.15, 0.2) is 36.4 Å². The van der Waals surface area contributed by atoms with Crippen molar-refractivity contribution >= 4 is 11.4 Å². The minimum atomic E-state index is 1.05. The second kappa shape index (κ2) is 5.26. The maximum atomic E-state index is 3.63. The number of hydrogen-bond donors (Lipinski definition) is 1. The normalized spacial score (nSPS) is 10.4. The van der Waals surface area contributed by atoms with E-state index in [4.69, 9.17) is 0 Å². The number of anilines is 2. The summed E-state index contributed by atoms with van der Waals surface area (Å²) in [4.78, 5) is 0. The van der Waals surface area contributed by atoms with Crippen LogP contribution >= 0.6 is 0 Å². The van der Waals surface area contributed by atoms with Crippen LogP contribution in [0.2, 0.25) is 0 Å². The molecule has 0 radical (unpaired) electrons. The predicted molar refractivity (Wildman–Crippen MR) is 79.8 cm³/mol. The fraction of sp³-hybridized carbons (Fsp3) is 0.294. The van der Waals surface area contributed by atoms with Gasteiger partial charge in [0.05, 0.1) is 0 Å². The molecule has 0 aliphatic heterocycles. The van der Waals surface area contributed by atoms with Crippen molar-refractivity contribution in [2.45, 2.75) is 34.1 Å². The van der Waals surface area contributed by atoms with Crippen molar-refractivity contribution in [1.29, 1.82) is 0 Å². The van der Waals surface area contributed by atoms with Crippen LogP contribution in [0.4, 0.5) is 11.4 Å². The monoisotopic (exact) mass is 239 g/mol. The molecule has 1 nitrogen and oxygen atoms in total. The molecule has 2 rings (SSSR count). The maximum absolute atomic E-state index is 3.63. The molecule has 0 fully saturated rings. The SMILES string of the molecule is CCc1cccc(C)c1Nc1c(C)cccc1C. The van der Waals surface area contributed by atoms with Crippen molar-refractivity contribution in [2.24, 2.45) is 0 Å². The van der Waals surface area contributed by atoms with Crippen molar-refractivity contribution in [3.8, 4) is 0 Å². The third-order valence-electron chi connectivity index (χ3n) is 3.47. The molecular formula is C17H21N. The highest BCUT2D eigenvalue weighted by molar-refractivity contribution is 5.71. The van der Waals surface area contributed by atoms with Gasteiger partial charge < -0.3 is 5.32 Å². The lowest BCUT2D eigenvalue weighted by Gasteiger charge is -2.17. The molecule has 0 bridgehead atoms. The predicted octanol–water partition coefficient (Wildman–Crippen LogP) is 4.92. The molecule has 0 spiro atoms. The minimum Gasteiger partial charge on any atom is -0.355 e. The van der Waals surface area contributed by atoms with Gasteiger partial charge in [-0.25, -0.2) is 0 Å². The summed E-state index contributed by atoms with van der Waals surface area (Å²) in [5.41, 5.74) is 7.76. The summed E-state index contributed by atoms with van der Waals surface area (Å²) < 4.78 is 0. The third kappa shape index (κ3) is 2.40. The Kier molecular flexibility index (Phi) is 3.71. The highest BCUT2D eigenvalue weighted by Gasteiger charge is 2.07. The van der Waals surface area contributed by atoms with Gasteiger partial charge in [0.25, 0.3) is 0 Å². The zero-order valence-electron chi connectivity index (χ0n) is 11.7. The van der Waals surface area contributed by atoms with Gasteiger partial charge in [-0.1, -0.05) is 43.3 Å². The lowest BCUT2D eigenvalue weighted by molar-refractivity contribution is 1.13. The highest BCUT2D eigenvalue weighted by Crippen LogP contribution is 2.29. The molecule has 0 aliphatic rings. The van der Waals surface area contributed by atoms with Crippen molar-refractivity contribution in [2.75, 3.05) is 5.32 Å². The lowest BCUT2D eigenvalue weighted by Crippen LogP contribution is -2.01. The zero-order chi connectivity index (χ0) is 13.1. The summed E-state index contributed by atoms with van der Waals surface area (Å²) in [6, 6.07) is 12.9. The summed E-state index contributed by atoms with van der Waals surface area (Å²) in [6.45, 7) is 8.66. The summed E-state index contributed by atoms with van der Waals surface area (Å²) >= 11 is 0. The average molecular weight is 239 g/mol. The fourth-order valence-electron chi connectivity index (χ4n) is 2.34. The number of aryl methyl sites for hydroxylation is 4. The van der Waals surface area contributed by atoms with Crippen LogP contribution in [-0.2, 0) is 6.42 Å². The van der Waals surface area contributed by atoms with Gasteiger partial charge in [-0.3, -0.25) is 0 Å². The smallest absolute Gasteiger partial charge is 0.0446 e. The quantitative estimate of drug-likeness (QED) is 0.801. The molecule has 0 saturated heterocycles. The van der Waals surface area contributed by atoms with E-state index in [-0.39, 0.29) is 0 Å². The van der Waals surface area contributed by atoms with Crippen molar-refractivity contribution in [3.05, 3.63) is 58.7 Å². The van der Waals surface area contributed by atoms with E-state index in [1.165, 1.54) is 33.6 Å². The second-order valence-electron chi connectivity index (χ2n) is 4.85. The van der Waals surface area contributed by atoms with Crippen molar-refractivity contribution < 1.29 is 0 Å². The van der Waals surface area contributed by atoms with Crippen LogP contribution in [0.5, 0.6) is 0 Å². The van der Waals surface area contributed by atoms with Gasteiger partial charge in [0.1, 0.15) is 0 Å². The molecule has 1 heteroatoms. The van der Waals surface area contributed by atoms with Gasteiger partial charge in [-0.05, 0) is 49.4 Å². The number of para-hydroxylation sites is 2. The van der Waals surface area contributed by atoms with E-state index in [2.05, 4.69) is 69.4 Å². The minimum absolute atomic E-state index is 1.05. The van der Waals surface area contributed by atoms with Crippen LogP contribution in [-0.4, -0.2) is 0 Å². The first-order valence-corrected chi connectivity index (χ1v) is 6.55. The Morgan fingerprint density at radius 1 is 0.778 bits per heavy atom. The van der Waals surface area contributed by atoms with Crippen molar-refractivity contribution in [1.82, 2.24) is 0 Å². The van der Waals surface area contributed by atoms with Crippen LogP contribution in [0.3, 0.4) is 0 Å². The maximum Gasteiger partial charge on any atom is 0.0446 e. The molecule has 0 aromatic heterocycles. The zero-order valence-corrected chi connectivity index (χ0v) is 11.7. The molecule has 0 heterocycles. The van der Waals surface area contributed by atoms with E-state index in [0.29, 0.717) is 0 Å². The van der Waals surface area contributed by atoms with E-state index in [1.54, 1.807) is 0 Å². The Labute approximate surface area is 110 Å². The molecule has 0 saturated carbocycles. The van der Waals surface area contributed by atoms with Crippen LogP contribution < -0.4 is 5.32 Å². The molecule has 2 aromatic carbocycles.